The maximum absolute atomic E-state index is 6.13. The van der Waals surface area contributed by atoms with Crippen molar-refractivity contribution in [1.82, 2.24) is 9.80 Å². The molecule has 1 saturated heterocycles. The van der Waals surface area contributed by atoms with E-state index in [-0.39, 0.29) is 5.54 Å². The Kier molecular flexibility index (Phi) is 4.05. The highest BCUT2D eigenvalue weighted by molar-refractivity contribution is 5.10. The summed E-state index contributed by atoms with van der Waals surface area (Å²) >= 11 is 0. The lowest BCUT2D eigenvalue weighted by Crippen LogP contribution is -2.59. The van der Waals surface area contributed by atoms with E-state index in [1.807, 2.05) is 0 Å². The Morgan fingerprint density at radius 1 is 1.28 bits per heavy atom. The number of nitrogens with two attached hydrogens (primary N) is 1. The molecule has 1 aliphatic heterocycles. The molecule has 1 atom stereocenters. The lowest BCUT2D eigenvalue weighted by atomic mass is 9.80. The second kappa shape index (κ2) is 5.10. The Morgan fingerprint density at radius 2 is 1.83 bits per heavy atom. The largest absolute Gasteiger partial charge is 0.329 e. The molecule has 1 heterocycles. The summed E-state index contributed by atoms with van der Waals surface area (Å²) in [5.41, 5.74) is 6.84. The van der Waals surface area contributed by atoms with Gasteiger partial charge in [-0.15, -0.1) is 0 Å². The molecule has 106 valence electrons. The Morgan fingerprint density at radius 3 is 2.22 bits per heavy atom. The van der Waals surface area contributed by atoms with Crippen LogP contribution in [0.15, 0.2) is 0 Å². The van der Waals surface area contributed by atoms with Gasteiger partial charge in [-0.05, 0) is 71.1 Å². The van der Waals surface area contributed by atoms with Crippen molar-refractivity contribution in [3.8, 4) is 0 Å². The molecule has 1 saturated carbocycles. The van der Waals surface area contributed by atoms with E-state index in [2.05, 4.69) is 37.7 Å². The molecule has 3 heteroatoms. The summed E-state index contributed by atoms with van der Waals surface area (Å²) in [5.74, 6) is 0.880. The minimum absolute atomic E-state index is 0.232. The summed E-state index contributed by atoms with van der Waals surface area (Å²) in [6, 6.07) is 0. The molecule has 0 spiro atoms. The molecule has 18 heavy (non-hydrogen) atoms. The number of hydrogen-bond donors (Lipinski definition) is 1. The monoisotopic (exact) mass is 253 g/mol. The summed E-state index contributed by atoms with van der Waals surface area (Å²) in [5, 5.41) is 0. The van der Waals surface area contributed by atoms with E-state index in [0.717, 1.165) is 12.5 Å². The van der Waals surface area contributed by atoms with Crippen molar-refractivity contribution in [2.75, 3.05) is 40.3 Å². The van der Waals surface area contributed by atoms with Gasteiger partial charge in [0.05, 0.1) is 0 Å². The van der Waals surface area contributed by atoms with Crippen molar-refractivity contribution in [1.29, 1.82) is 0 Å². The first-order valence-corrected chi connectivity index (χ1v) is 7.51. The Hall–Kier alpha value is -0.120. The number of piperidine rings is 1. The third kappa shape index (κ3) is 2.59. The smallest absolute Gasteiger partial charge is 0.0357 e. The van der Waals surface area contributed by atoms with E-state index in [1.165, 1.54) is 45.3 Å². The second-order valence-electron chi connectivity index (χ2n) is 7.23. The van der Waals surface area contributed by atoms with Crippen LogP contribution in [0.2, 0.25) is 0 Å². The summed E-state index contributed by atoms with van der Waals surface area (Å²) in [6.45, 7) is 9.34. The maximum atomic E-state index is 6.13. The first-order valence-electron chi connectivity index (χ1n) is 7.51. The van der Waals surface area contributed by atoms with Gasteiger partial charge in [0.2, 0.25) is 0 Å². The zero-order valence-electron chi connectivity index (χ0n) is 12.7. The molecule has 2 rings (SSSR count). The van der Waals surface area contributed by atoms with Gasteiger partial charge >= 0.3 is 0 Å². The van der Waals surface area contributed by atoms with Gasteiger partial charge in [0.25, 0.3) is 0 Å². The van der Waals surface area contributed by atoms with Crippen LogP contribution in [0.4, 0.5) is 0 Å². The van der Waals surface area contributed by atoms with E-state index < -0.39 is 0 Å². The number of likely N-dealkylation sites (tertiary alicyclic amines) is 1. The van der Waals surface area contributed by atoms with Crippen LogP contribution in [0.5, 0.6) is 0 Å². The first-order chi connectivity index (χ1) is 8.41. The van der Waals surface area contributed by atoms with Crippen molar-refractivity contribution in [2.45, 2.75) is 45.1 Å². The third-order valence-electron chi connectivity index (χ3n) is 5.63. The van der Waals surface area contributed by atoms with Gasteiger partial charge in [0, 0.05) is 18.6 Å². The standard InChI is InChI=1S/C15H31N3/c1-14(7-8-14)15(2,12-16)18-9-5-13(6-10-18)11-17(3)4/h13H,5-12,16H2,1-4H3. The molecule has 1 aliphatic carbocycles. The van der Waals surface area contributed by atoms with E-state index in [4.69, 9.17) is 5.73 Å². The molecular weight excluding hydrogens is 222 g/mol. The topological polar surface area (TPSA) is 32.5 Å². The van der Waals surface area contributed by atoms with E-state index in [9.17, 15) is 0 Å². The van der Waals surface area contributed by atoms with Gasteiger partial charge in [-0.2, -0.15) is 0 Å². The van der Waals surface area contributed by atoms with Crippen LogP contribution in [-0.4, -0.2) is 55.6 Å². The Balaban J connectivity index is 1.92. The average Bonchev–Trinajstić information content (AvgIpc) is 3.08. The SMILES string of the molecule is CN(C)CC1CCN(C(C)(CN)C2(C)CC2)CC1. The third-order valence-corrected chi connectivity index (χ3v) is 5.63. The summed E-state index contributed by atoms with van der Waals surface area (Å²) in [7, 11) is 4.36. The molecule has 2 aliphatic rings. The molecule has 0 radical (unpaired) electrons. The van der Waals surface area contributed by atoms with Crippen LogP contribution < -0.4 is 5.73 Å². The first kappa shape index (κ1) is 14.3. The summed E-state index contributed by atoms with van der Waals surface area (Å²) in [4.78, 5) is 5.01. The lowest BCUT2D eigenvalue weighted by Gasteiger charge is -2.48. The van der Waals surface area contributed by atoms with Gasteiger partial charge in [-0.25, -0.2) is 0 Å². The fourth-order valence-corrected chi connectivity index (χ4v) is 3.61. The van der Waals surface area contributed by atoms with Crippen LogP contribution in [0.1, 0.15) is 39.5 Å². The highest BCUT2D eigenvalue weighted by Gasteiger charge is 2.55. The molecule has 1 unspecified atom stereocenters. The molecule has 0 bridgehead atoms. The lowest BCUT2D eigenvalue weighted by molar-refractivity contribution is 0.0153. The zero-order chi connectivity index (χ0) is 13.4. The number of hydrogen-bond acceptors (Lipinski definition) is 3. The molecule has 3 nitrogen and oxygen atoms in total. The second-order valence-corrected chi connectivity index (χ2v) is 7.23. The quantitative estimate of drug-likeness (QED) is 0.810. The van der Waals surface area contributed by atoms with Crippen molar-refractivity contribution < 1.29 is 0 Å². The number of nitrogens with zero attached hydrogens (tertiary/aromatic N) is 2. The van der Waals surface area contributed by atoms with Gasteiger partial charge < -0.3 is 10.6 Å². The van der Waals surface area contributed by atoms with Gasteiger partial charge in [-0.3, -0.25) is 4.90 Å². The van der Waals surface area contributed by atoms with Crippen LogP contribution in [0, 0.1) is 11.3 Å². The molecular formula is C15H31N3. The molecule has 0 aromatic heterocycles. The normalized spacial score (nSPS) is 28.3. The minimum Gasteiger partial charge on any atom is -0.329 e. The van der Waals surface area contributed by atoms with E-state index >= 15 is 0 Å². The summed E-state index contributed by atoms with van der Waals surface area (Å²) in [6.07, 6.45) is 5.39. The van der Waals surface area contributed by atoms with Crippen LogP contribution >= 0.6 is 0 Å². The van der Waals surface area contributed by atoms with Gasteiger partial charge in [-0.1, -0.05) is 6.92 Å². The molecule has 0 aromatic rings. The predicted molar refractivity (Wildman–Crippen MR) is 77.7 cm³/mol. The molecule has 0 aromatic carbocycles. The Bertz CT molecular complexity index is 277. The maximum Gasteiger partial charge on any atom is 0.0357 e. The number of rotatable bonds is 5. The highest BCUT2D eigenvalue weighted by atomic mass is 15.2. The van der Waals surface area contributed by atoms with Crippen molar-refractivity contribution in [2.24, 2.45) is 17.1 Å². The van der Waals surface area contributed by atoms with Crippen LogP contribution in [-0.2, 0) is 0 Å². The summed E-state index contributed by atoms with van der Waals surface area (Å²) < 4.78 is 0. The molecule has 2 fully saturated rings. The van der Waals surface area contributed by atoms with E-state index in [0.29, 0.717) is 5.41 Å². The highest BCUT2D eigenvalue weighted by Crippen LogP contribution is 2.56. The van der Waals surface area contributed by atoms with Crippen LogP contribution in [0.25, 0.3) is 0 Å². The molecule has 0 amide bonds. The average molecular weight is 253 g/mol. The van der Waals surface area contributed by atoms with Crippen LogP contribution in [0.3, 0.4) is 0 Å². The van der Waals surface area contributed by atoms with Crippen molar-refractivity contribution >= 4 is 0 Å². The zero-order valence-corrected chi connectivity index (χ0v) is 12.7. The van der Waals surface area contributed by atoms with Gasteiger partial charge in [0.15, 0.2) is 0 Å². The molecule has 2 N–H and O–H groups in total. The fourth-order valence-electron chi connectivity index (χ4n) is 3.61. The fraction of sp³-hybridized carbons (Fsp3) is 1.00. The van der Waals surface area contributed by atoms with E-state index in [1.54, 1.807) is 0 Å². The van der Waals surface area contributed by atoms with Crippen molar-refractivity contribution in [3.05, 3.63) is 0 Å². The predicted octanol–water partition coefficient (Wildman–Crippen LogP) is 1.78. The van der Waals surface area contributed by atoms with Gasteiger partial charge in [0.1, 0.15) is 0 Å². The minimum atomic E-state index is 0.232. The van der Waals surface area contributed by atoms with Crippen molar-refractivity contribution in [3.63, 3.8) is 0 Å². The Labute approximate surface area is 113 Å².